The highest BCUT2D eigenvalue weighted by Gasteiger charge is 2.33. The lowest BCUT2D eigenvalue weighted by Crippen LogP contribution is -2.48. The maximum atomic E-state index is 12.4. The van der Waals surface area contributed by atoms with Crippen LogP contribution in [0.4, 0.5) is 18.0 Å². The molecule has 0 aliphatic carbocycles. The van der Waals surface area contributed by atoms with Crippen molar-refractivity contribution in [1.82, 2.24) is 15.1 Å². The molecule has 0 aromatic rings. The summed E-state index contributed by atoms with van der Waals surface area (Å²) in [5, 5.41) is 2.88. The van der Waals surface area contributed by atoms with Crippen LogP contribution >= 0.6 is 0 Å². The molecule has 1 rings (SSSR count). The summed E-state index contributed by atoms with van der Waals surface area (Å²) in [5.74, 6) is 0.109. The van der Waals surface area contributed by atoms with Gasteiger partial charge in [0.25, 0.3) is 0 Å². The molecular weight excluding hydrogens is 283 g/mol. The van der Waals surface area contributed by atoms with E-state index in [1.54, 1.807) is 11.8 Å². The Hall–Kier alpha value is -0.980. The van der Waals surface area contributed by atoms with Gasteiger partial charge >= 0.3 is 12.2 Å². The minimum absolute atomic E-state index is 0.109. The zero-order valence-electron chi connectivity index (χ0n) is 13.3. The van der Waals surface area contributed by atoms with Crippen LogP contribution < -0.4 is 5.32 Å². The van der Waals surface area contributed by atoms with Crippen LogP contribution in [0.1, 0.15) is 34.1 Å². The molecule has 0 saturated carbocycles. The van der Waals surface area contributed by atoms with Crippen LogP contribution in [0.2, 0.25) is 0 Å². The van der Waals surface area contributed by atoms with Crippen molar-refractivity contribution >= 4 is 6.03 Å². The standard InChI is InChI=1S/C14H26F3N3O/c1-5-19(10-14(15,16)17)8-11-6-7-20(9-11)12(21)18-13(2,3)4/h11H,5-10H2,1-4H3,(H,18,21)/t11-/m1/s1. The average Bonchev–Trinajstić information content (AvgIpc) is 2.72. The molecule has 0 aromatic heterocycles. The normalized spacial score (nSPS) is 20.2. The Labute approximate surface area is 124 Å². The van der Waals surface area contributed by atoms with E-state index in [2.05, 4.69) is 5.32 Å². The fraction of sp³-hybridized carbons (Fsp3) is 0.929. The first-order valence-corrected chi connectivity index (χ1v) is 7.36. The van der Waals surface area contributed by atoms with Crippen LogP contribution in [0.15, 0.2) is 0 Å². The molecule has 4 nitrogen and oxygen atoms in total. The van der Waals surface area contributed by atoms with Gasteiger partial charge in [0, 0.05) is 25.2 Å². The molecule has 21 heavy (non-hydrogen) atoms. The smallest absolute Gasteiger partial charge is 0.333 e. The first-order chi connectivity index (χ1) is 9.50. The van der Waals surface area contributed by atoms with Crippen LogP contribution in [0, 0.1) is 5.92 Å². The van der Waals surface area contributed by atoms with E-state index in [9.17, 15) is 18.0 Å². The van der Waals surface area contributed by atoms with Crippen LogP contribution in [0.25, 0.3) is 0 Å². The highest BCUT2D eigenvalue weighted by molar-refractivity contribution is 5.75. The molecular formula is C14H26F3N3O. The van der Waals surface area contributed by atoms with Crippen molar-refractivity contribution in [2.75, 3.05) is 32.7 Å². The number of nitrogens with one attached hydrogen (secondary N) is 1. The van der Waals surface area contributed by atoms with Gasteiger partial charge in [0.1, 0.15) is 0 Å². The Morgan fingerprint density at radius 2 is 1.95 bits per heavy atom. The summed E-state index contributed by atoms with van der Waals surface area (Å²) in [7, 11) is 0. The second-order valence-corrected chi connectivity index (χ2v) is 6.72. The largest absolute Gasteiger partial charge is 0.401 e. The molecule has 7 heteroatoms. The van der Waals surface area contributed by atoms with Gasteiger partial charge in [-0.25, -0.2) is 4.79 Å². The van der Waals surface area contributed by atoms with Crippen LogP contribution in [-0.4, -0.2) is 60.3 Å². The second-order valence-electron chi connectivity index (χ2n) is 6.72. The quantitative estimate of drug-likeness (QED) is 0.866. The number of halogens is 3. The zero-order chi connectivity index (χ0) is 16.3. The lowest BCUT2D eigenvalue weighted by Gasteiger charge is -2.27. The summed E-state index contributed by atoms with van der Waals surface area (Å²) < 4.78 is 37.3. The Bertz CT molecular complexity index is 352. The Morgan fingerprint density at radius 1 is 1.33 bits per heavy atom. The molecule has 1 N–H and O–H groups in total. The van der Waals surface area contributed by atoms with E-state index >= 15 is 0 Å². The molecule has 0 bridgehead atoms. The third-order valence-electron chi connectivity index (χ3n) is 3.42. The van der Waals surface area contributed by atoms with Crippen molar-refractivity contribution in [3.8, 4) is 0 Å². The van der Waals surface area contributed by atoms with E-state index in [1.165, 1.54) is 4.90 Å². The summed E-state index contributed by atoms with van der Waals surface area (Å²) in [6.45, 7) is 8.44. The molecule has 0 unspecified atom stereocenters. The highest BCUT2D eigenvalue weighted by Crippen LogP contribution is 2.21. The topological polar surface area (TPSA) is 35.6 Å². The van der Waals surface area contributed by atoms with Crippen molar-refractivity contribution in [1.29, 1.82) is 0 Å². The number of rotatable bonds is 4. The monoisotopic (exact) mass is 309 g/mol. The molecule has 0 spiro atoms. The predicted octanol–water partition coefficient (Wildman–Crippen LogP) is 2.70. The predicted molar refractivity (Wildman–Crippen MR) is 76.1 cm³/mol. The Balaban J connectivity index is 2.45. The molecule has 1 aliphatic heterocycles. The molecule has 1 atom stereocenters. The van der Waals surface area contributed by atoms with Gasteiger partial charge in [-0.15, -0.1) is 0 Å². The van der Waals surface area contributed by atoms with Crippen molar-refractivity contribution in [2.45, 2.75) is 45.8 Å². The minimum atomic E-state index is -4.17. The number of hydrogen-bond donors (Lipinski definition) is 1. The third-order valence-corrected chi connectivity index (χ3v) is 3.42. The zero-order valence-corrected chi connectivity index (χ0v) is 13.3. The fourth-order valence-corrected chi connectivity index (χ4v) is 2.49. The summed E-state index contributed by atoms with van der Waals surface area (Å²) >= 11 is 0. The van der Waals surface area contributed by atoms with E-state index < -0.39 is 12.7 Å². The van der Waals surface area contributed by atoms with Crippen molar-refractivity contribution in [3.63, 3.8) is 0 Å². The molecule has 124 valence electrons. The number of likely N-dealkylation sites (tertiary alicyclic amines) is 1. The molecule has 1 saturated heterocycles. The number of hydrogen-bond acceptors (Lipinski definition) is 2. The highest BCUT2D eigenvalue weighted by atomic mass is 19.4. The van der Waals surface area contributed by atoms with Crippen LogP contribution in [0.5, 0.6) is 0 Å². The summed E-state index contributed by atoms with van der Waals surface area (Å²) in [4.78, 5) is 15.1. The summed E-state index contributed by atoms with van der Waals surface area (Å²) in [6.07, 6.45) is -3.41. The number of alkyl halides is 3. The van der Waals surface area contributed by atoms with Gasteiger partial charge in [-0.2, -0.15) is 13.2 Å². The van der Waals surface area contributed by atoms with Gasteiger partial charge in [0.05, 0.1) is 6.54 Å². The number of urea groups is 1. The molecule has 1 fully saturated rings. The molecule has 0 radical (unpaired) electrons. The van der Waals surface area contributed by atoms with Crippen molar-refractivity contribution in [3.05, 3.63) is 0 Å². The van der Waals surface area contributed by atoms with Gasteiger partial charge in [-0.05, 0) is 39.7 Å². The van der Waals surface area contributed by atoms with E-state index in [0.717, 1.165) is 6.42 Å². The van der Waals surface area contributed by atoms with E-state index in [1.807, 2.05) is 20.8 Å². The van der Waals surface area contributed by atoms with Crippen molar-refractivity contribution < 1.29 is 18.0 Å². The van der Waals surface area contributed by atoms with Gasteiger partial charge in [0.2, 0.25) is 0 Å². The van der Waals surface area contributed by atoms with Gasteiger partial charge in [-0.1, -0.05) is 6.92 Å². The number of carbonyl (C=O) groups is 1. The maximum absolute atomic E-state index is 12.4. The van der Waals surface area contributed by atoms with Gasteiger partial charge in [-0.3, -0.25) is 4.90 Å². The molecule has 0 aromatic carbocycles. The number of carbonyl (C=O) groups excluding carboxylic acids is 1. The number of amides is 2. The summed E-state index contributed by atoms with van der Waals surface area (Å²) in [5.41, 5.74) is -0.305. The van der Waals surface area contributed by atoms with Crippen LogP contribution in [-0.2, 0) is 0 Å². The SMILES string of the molecule is CCN(C[C@H]1CCN(C(=O)NC(C)(C)C)C1)CC(F)(F)F. The fourth-order valence-electron chi connectivity index (χ4n) is 2.49. The maximum Gasteiger partial charge on any atom is 0.401 e. The average molecular weight is 309 g/mol. The summed E-state index contributed by atoms with van der Waals surface area (Å²) in [6, 6.07) is -0.135. The van der Waals surface area contributed by atoms with Crippen LogP contribution in [0.3, 0.4) is 0 Å². The first kappa shape index (κ1) is 18.1. The lowest BCUT2D eigenvalue weighted by molar-refractivity contribution is -0.146. The van der Waals surface area contributed by atoms with E-state index in [-0.39, 0.29) is 17.5 Å². The second kappa shape index (κ2) is 6.85. The minimum Gasteiger partial charge on any atom is -0.333 e. The first-order valence-electron chi connectivity index (χ1n) is 7.36. The Morgan fingerprint density at radius 3 is 2.43 bits per heavy atom. The Kier molecular flexibility index (Phi) is 5.90. The van der Waals surface area contributed by atoms with Gasteiger partial charge in [0.15, 0.2) is 0 Å². The van der Waals surface area contributed by atoms with Crippen molar-refractivity contribution in [2.24, 2.45) is 5.92 Å². The third kappa shape index (κ3) is 7.02. The molecule has 1 aliphatic rings. The number of nitrogens with zero attached hydrogens (tertiary/aromatic N) is 2. The van der Waals surface area contributed by atoms with E-state index in [4.69, 9.17) is 0 Å². The van der Waals surface area contributed by atoms with E-state index in [0.29, 0.717) is 26.2 Å². The lowest BCUT2D eigenvalue weighted by atomic mass is 10.1. The van der Waals surface area contributed by atoms with Gasteiger partial charge < -0.3 is 10.2 Å². The molecule has 1 heterocycles. The molecule has 2 amide bonds.